The van der Waals surface area contributed by atoms with Gasteiger partial charge in [-0.2, -0.15) is 0 Å². The molecule has 0 aliphatic heterocycles. The second kappa shape index (κ2) is 4.20. The summed E-state index contributed by atoms with van der Waals surface area (Å²) >= 11 is 0. The molecule has 0 fully saturated rings. The van der Waals surface area contributed by atoms with Crippen LogP contribution in [0.3, 0.4) is 0 Å². The first kappa shape index (κ1) is 11.4. The van der Waals surface area contributed by atoms with Gasteiger partial charge in [-0.25, -0.2) is 14.8 Å². The first-order valence-corrected chi connectivity index (χ1v) is 5.80. The second-order valence-corrected chi connectivity index (χ2v) is 4.19. The van der Waals surface area contributed by atoms with Crippen molar-refractivity contribution in [1.82, 2.24) is 14.5 Å². The summed E-state index contributed by atoms with van der Waals surface area (Å²) in [5.74, 6) is 0.364. The van der Waals surface area contributed by atoms with E-state index >= 15 is 0 Å². The molecule has 0 radical (unpaired) electrons. The van der Waals surface area contributed by atoms with Gasteiger partial charge in [-0.15, -0.1) is 0 Å². The van der Waals surface area contributed by atoms with Gasteiger partial charge < -0.3 is 5.11 Å². The zero-order valence-corrected chi connectivity index (χ0v) is 10.2. The summed E-state index contributed by atoms with van der Waals surface area (Å²) in [4.78, 5) is 20.0. The van der Waals surface area contributed by atoms with Crippen LogP contribution in [0.4, 0.5) is 0 Å². The van der Waals surface area contributed by atoms with E-state index in [4.69, 9.17) is 0 Å². The van der Waals surface area contributed by atoms with E-state index in [-0.39, 0.29) is 5.56 Å². The average Bonchev–Trinajstić information content (AvgIpc) is 2.83. The molecule has 1 N–H and O–H groups in total. The molecule has 2 aromatic heterocycles. The summed E-state index contributed by atoms with van der Waals surface area (Å²) in [6.07, 6.45) is 3.42. The number of nitrogens with zero attached hydrogens (tertiary/aromatic N) is 3. The third-order valence-corrected chi connectivity index (χ3v) is 3.01. The molecule has 0 saturated heterocycles. The summed E-state index contributed by atoms with van der Waals surface area (Å²) in [6.45, 7) is 1.84. The Morgan fingerprint density at radius 3 is 2.79 bits per heavy atom. The molecule has 94 valence electrons. The number of hydrogen-bond acceptors (Lipinski definition) is 3. The molecule has 0 saturated carbocycles. The van der Waals surface area contributed by atoms with Crippen molar-refractivity contribution in [3.8, 4) is 5.82 Å². The van der Waals surface area contributed by atoms with Crippen molar-refractivity contribution in [2.75, 3.05) is 0 Å². The maximum Gasteiger partial charge on any atom is 0.336 e. The molecule has 2 heterocycles. The summed E-state index contributed by atoms with van der Waals surface area (Å²) in [6, 6.07) is 8.78. The third-order valence-electron chi connectivity index (χ3n) is 3.01. The molecule has 0 aliphatic rings. The molecule has 0 amide bonds. The van der Waals surface area contributed by atoms with Crippen molar-refractivity contribution in [2.24, 2.45) is 0 Å². The van der Waals surface area contributed by atoms with Gasteiger partial charge in [-0.05, 0) is 19.1 Å². The minimum atomic E-state index is -0.961. The molecule has 0 unspecified atom stereocenters. The number of carbonyl (C=O) groups is 1. The number of para-hydroxylation sites is 1. The molecule has 3 aromatic rings. The predicted octanol–water partition coefficient (Wildman–Crippen LogP) is 2.43. The van der Waals surface area contributed by atoms with Crippen LogP contribution in [0.15, 0.2) is 42.7 Å². The van der Waals surface area contributed by atoms with E-state index in [1.165, 1.54) is 0 Å². The summed E-state index contributed by atoms with van der Waals surface area (Å²) in [7, 11) is 0. The third kappa shape index (κ3) is 1.85. The van der Waals surface area contributed by atoms with Crippen molar-refractivity contribution in [2.45, 2.75) is 6.92 Å². The van der Waals surface area contributed by atoms with Crippen LogP contribution in [0, 0.1) is 6.92 Å². The van der Waals surface area contributed by atoms with Gasteiger partial charge in [0.05, 0.1) is 11.1 Å². The number of fused-ring (bicyclic) bond motifs is 1. The summed E-state index contributed by atoms with van der Waals surface area (Å²) in [5, 5.41) is 9.96. The van der Waals surface area contributed by atoms with Crippen molar-refractivity contribution in [3.05, 3.63) is 54.1 Å². The smallest absolute Gasteiger partial charge is 0.336 e. The van der Waals surface area contributed by atoms with Gasteiger partial charge in [0.2, 0.25) is 0 Å². The van der Waals surface area contributed by atoms with Crippen LogP contribution >= 0.6 is 0 Å². The standard InChI is InChI=1S/C14H11N3O2/c1-9-15-6-7-17(9)13-8-11(14(18)19)10-4-2-3-5-12(10)16-13/h2-8H,1H3,(H,18,19). The summed E-state index contributed by atoms with van der Waals surface area (Å²) < 4.78 is 1.76. The van der Waals surface area contributed by atoms with Crippen molar-refractivity contribution < 1.29 is 9.90 Å². The number of carboxylic acids is 1. The van der Waals surface area contributed by atoms with Gasteiger partial charge in [0.15, 0.2) is 0 Å². The van der Waals surface area contributed by atoms with Crippen molar-refractivity contribution >= 4 is 16.9 Å². The highest BCUT2D eigenvalue weighted by molar-refractivity contribution is 6.02. The number of rotatable bonds is 2. The van der Waals surface area contributed by atoms with E-state index in [9.17, 15) is 9.90 Å². The van der Waals surface area contributed by atoms with Gasteiger partial charge in [0, 0.05) is 17.8 Å². The lowest BCUT2D eigenvalue weighted by Crippen LogP contribution is -2.04. The van der Waals surface area contributed by atoms with Gasteiger partial charge >= 0.3 is 5.97 Å². The van der Waals surface area contributed by atoms with E-state index in [2.05, 4.69) is 9.97 Å². The molecule has 0 aliphatic carbocycles. The molecule has 3 rings (SSSR count). The number of aromatic nitrogens is 3. The fourth-order valence-corrected chi connectivity index (χ4v) is 2.08. The second-order valence-electron chi connectivity index (χ2n) is 4.19. The number of aromatic carboxylic acids is 1. The molecule has 19 heavy (non-hydrogen) atoms. The van der Waals surface area contributed by atoms with Crippen molar-refractivity contribution in [3.63, 3.8) is 0 Å². The van der Waals surface area contributed by atoms with E-state index in [1.54, 1.807) is 41.2 Å². The van der Waals surface area contributed by atoms with Crippen molar-refractivity contribution in [1.29, 1.82) is 0 Å². The lowest BCUT2D eigenvalue weighted by atomic mass is 10.1. The van der Waals surface area contributed by atoms with Crippen LogP contribution in [0.25, 0.3) is 16.7 Å². The number of hydrogen-bond donors (Lipinski definition) is 1. The minimum Gasteiger partial charge on any atom is -0.478 e. The van der Waals surface area contributed by atoms with Gasteiger partial charge in [0.1, 0.15) is 11.6 Å². The number of imidazole rings is 1. The van der Waals surface area contributed by atoms with Crippen LogP contribution in [0.1, 0.15) is 16.2 Å². The van der Waals surface area contributed by atoms with E-state index in [0.29, 0.717) is 16.7 Å². The zero-order chi connectivity index (χ0) is 13.4. The average molecular weight is 253 g/mol. The molecule has 0 spiro atoms. The van der Waals surface area contributed by atoms with Crippen LogP contribution < -0.4 is 0 Å². The van der Waals surface area contributed by atoms with Gasteiger partial charge in [-0.3, -0.25) is 4.57 Å². The lowest BCUT2D eigenvalue weighted by Gasteiger charge is -2.08. The Kier molecular flexibility index (Phi) is 2.52. The van der Waals surface area contributed by atoms with Gasteiger partial charge in [0.25, 0.3) is 0 Å². The van der Waals surface area contributed by atoms with Crippen LogP contribution in [0.2, 0.25) is 0 Å². The topological polar surface area (TPSA) is 68.0 Å². The lowest BCUT2D eigenvalue weighted by molar-refractivity contribution is 0.0699. The molecule has 0 bridgehead atoms. The molecule has 0 atom stereocenters. The number of aryl methyl sites for hydroxylation is 1. The van der Waals surface area contributed by atoms with Crippen LogP contribution in [0.5, 0.6) is 0 Å². The monoisotopic (exact) mass is 253 g/mol. The zero-order valence-electron chi connectivity index (χ0n) is 10.2. The minimum absolute atomic E-state index is 0.244. The first-order valence-electron chi connectivity index (χ1n) is 5.80. The highest BCUT2D eigenvalue weighted by Crippen LogP contribution is 2.20. The first-order chi connectivity index (χ1) is 9.16. The molecule has 5 nitrogen and oxygen atoms in total. The predicted molar refractivity (Wildman–Crippen MR) is 70.6 cm³/mol. The van der Waals surface area contributed by atoms with Gasteiger partial charge in [-0.1, -0.05) is 18.2 Å². The number of benzene rings is 1. The van der Waals surface area contributed by atoms with Crippen LogP contribution in [-0.2, 0) is 0 Å². The van der Waals surface area contributed by atoms with E-state index < -0.39 is 5.97 Å². The fraction of sp³-hybridized carbons (Fsp3) is 0.0714. The molecular weight excluding hydrogens is 242 g/mol. The molecule has 5 heteroatoms. The Morgan fingerprint density at radius 2 is 2.11 bits per heavy atom. The Morgan fingerprint density at radius 1 is 1.32 bits per heavy atom. The summed E-state index contributed by atoms with van der Waals surface area (Å²) in [5.41, 5.74) is 0.902. The Labute approximate surface area is 109 Å². The molecule has 1 aromatic carbocycles. The van der Waals surface area contributed by atoms with E-state index in [0.717, 1.165) is 5.82 Å². The highest BCUT2D eigenvalue weighted by atomic mass is 16.4. The fourth-order valence-electron chi connectivity index (χ4n) is 2.08. The SMILES string of the molecule is Cc1nccn1-c1cc(C(=O)O)c2ccccc2n1. The Hall–Kier alpha value is -2.69. The normalized spacial score (nSPS) is 10.8. The highest BCUT2D eigenvalue weighted by Gasteiger charge is 2.13. The Bertz CT molecular complexity index is 777. The maximum absolute atomic E-state index is 11.4. The van der Waals surface area contributed by atoms with E-state index in [1.807, 2.05) is 13.0 Å². The Balaban J connectivity index is 2.34. The maximum atomic E-state index is 11.4. The largest absolute Gasteiger partial charge is 0.478 e. The number of pyridine rings is 1. The van der Waals surface area contributed by atoms with Crippen LogP contribution in [-0.4, -0.2) is 25.6 Å². The number of carboxylic acid groups (broad SMARTS) is 1. The quantitative estimate of drug-likeness (QED) is 0.761. The molecular formula is C14H11N3O2.